The van der Waals surface area contributed by atoms with E-state index in [0.29, 0.717) is 31.1 Å². The molecule has 180 valence electrons. The van der Waals surface area contributed by atoms with Crippen molar-refractivity contribution in [1.29, 1.82) is 0 Å². The third kappa shape index (κ3) is 6.68. The number of ether oxygens (including phenoxy) is 1. The lowest BCUT2D eigenvalue weighted by atomic mass is 10.2. The summed E-state index contributed by atoms with van der Waals surface area (Å²) in [6.45, 7) is 7.79. The number of rotatable bonds is 11. The van der Waals surface area contributed by atoms with Gasteiger partial charge in [0.15, 0.2) is 0 Å². The molecule has 0 aliphatic carbocycles. The summed E-state index contributed by atoms with van der Waals surface area (Å²) in [6, 6.07) is 17.4. The molecule has 0 saturated heterocycles. The van der Waals surface area contributed by atoms with Crippen molar-refractivity contribution in [2.75, 3.05) is 32.1 Å². The number of hydrogen-bond acceptors (Lipinski definition) is 5. The summed E-state index contributed by atoms with van der Waals surface area (Å²) >= 11 is 0. The molecule has 0 bridgehead atoms. The number of nitrogens with zero attached hydrogens (tertiary/aromatic N) is 3. The Labute approximate surface area is 200 Å². The van der Waals surface area contributed by atoms with E-state index >= 15 is 0 Å². The molecule has 0 spiro atoms. The van der Waals surface area contributed by atoms with Gasteiger partial charge in [-0.1, -0.05) is 49.4 Å². The highest BCUT2D eigenvalue weighted by Gasteiger charge is 2.16. The van der Waals surface area contributed by atoms with Gasteiger partial charge in [-0.15, -0.1) is 0 Å². The zero-order valence-corrected chi connectivity index (χ0v) is 20.3. The maximum absolute atomic E-state index is 12.6. The van der Waals surface area contributed by atoms with Gasteiger partial charge in [0, 0.05) is 17.8 Å². The SMILES string of the molecule is CCN(CC(=O)NCc1c(C)nn(Cc2ccccc2)c1C)CC(=O)Nc1ccccc1OC. The first-order chi connectivity index (χ1) is 16.4. The Morgan fingerprint density at radius 1 is 1.00 bits per heavy atom. The highest BCUT2D eigenvalue weighted by molar-refractivity contribution is 5.94. The van der Waals surface area contributed by atoms with E-state index in [1.165, 1.54) is 5.56 Å². The van der Waals surface area contributed by atoms with Gasteiger partial charge in [-0.25, -0.2) is 0 Å². The maximum atomic E-state index is 12.6. The molecule has 34 heavy (non-hydrogen) atoms. The van der Waals surface area contributed by atoms with E-state index in [9.17, 15) is 9.59 Å². The molecule has 0 aliphatic rings. The number of hydrogen-bond donors (Lipinski definition) is 2. The summed E-state index contributed by atoms with van der Waals surface area (Å²) in [7, 11) is 1.56. The Morgan fingerprint density at radius 3 is 2.38 bits per heavy atom. The highest BCUT2D eigenvalue weighted by atomic mass is 16.5. The van der Waals surface area contributed by atoms with E-state index in [1.807, 2.05) is 55.8 Å². The molecule has 0 aliphatic heterocycles. The van der Waals surface area contributed by atoms with Crippen molar-refractivity contribution >= 4 is 17.5 Å². The van der Waals surface area contributed by atoms with E-state index in [0.717, 1.165) is 17.0 Å². The molecule has 0 atom stereocenters. The summed E-state index contributed by atoms with van der Waals surface area (Å²) in [4.78, 5) is 26.9. The second-order valence-corrected chi connectivity index (χ2v) is 8.12. The standard InChI is InChI=1S/C26H33N5O3/c1-5-30(18-26(33)28-23-13-9-10-14-24(23)34-4)17-25(32)27-15-22-19(2)29-31(20(22)3)16-21-11-7-6-8-12-21/h6-14H,5,15-18H2,1-4H3,(H,27,32)(H,28,33). The molecule has 2 amide bonds. The number of nitrogens with one attached hydrogen (secondary N) is 2. The smallest absolute Gasteiger partial charge is 0.238 e. The summed E-state index contributed by atoms with van der Waals surface area (Å²) < 4.78 is 7.24. The Balaban J connectivity index is 1.53. The highest BCUT2D eigenvalue weighted by Crippen LogP contribution is 2.22. The van der Waals surface area contributed by atoms with Crippen molar-refractivity contribution in [2.24, 2.45) is 0 Å². The topological polar surface area (TPSA) is 88.5 Å². The van der Waals surface area contributed by atoms with Crippen molar-refractivity contribution in [3.63, 3.8) is 0 Å². The molecule has 1 heterocycles. The van der Waals surface area contributed by atoms with Crippen molar-refractivity contribution in [3.8, 4) is 5.75 Å². The summed E-state index contributed by atoms with van der Waals surface area (Å²) in [5.74, 6) is 0.254. The number of para-hydroxylation sites is 2. The lowest BCUT2D eigenvalue weighted by Gasteiger charge is -2.20. The Kier molecular flexibility index (Phi) is 8.81. The van der Waals surface area contributed by atoms with Crippen molar-refractivity contribution in [2.45, 2.75) is 33.9 Å². The van der Waals surface area contributed by atoms with Crippen LogP contribution in [0, 0.1) is 13.8 Å². The van der Waals surface area contributed by atoms with Crippen molar-refractivity contribution < 1.29 is 14.3 Å². The molecule has 8 heteroatoms. The quantitative estimate of drug-likeness (QED) is 0.456. The number of aryl methyl sites for hydroxylation is 1. The predicted octanol–water partition coefficient (Wildman–Crippen LogP) is 3.13. The van der Waals surface area contributed by atoms with Crippen LogP contribution in [-0.2, 0) is 22.7 Å². The fourth-order valence-corrected chi connectivity index (χ4v) is 3.77. The van der Waals surface area contributed by atoms with Crippen molar-refractivity contribution in [1.82, 2.24) is 20.0 Å². The van der Waals surface area contributed by atoms with Crippen LogP contribution in [0.15, 0.2) is 54.6 Å². The van der Waals surface area contributed by atoms with Gasteiger partial charge in [-0.05, 0) is 38.1 Å². The molecule has 3 rings (SSSR count). The number of anilines is 1. The summed E-state index contributed by atoms with van der Waals surface area (Å²) in [5.41, 5.74) is 4.73. The van der Waals surface area contributed by atoms with Gasteiger partial charge in [0.05, 0.1) is 38.1 Å². The normalized spacial score (nSPS) is 10.9. The Hall–Kier alpha value is -3.65. The van der Waals surface area contributed by atoms with Gasteiger partial charge in [-0.2, -0.15) is 5.10 Å². The number of benzene rings is 2. The lowest BCUT2D eigenvalue weighted by molar-refractivity contribution is -0.123. The van der Waals surface area contributed by atoms with Crippen LogP contribution >= 0.6 is 0 Å². The van der Waals surface area contributed by atoms with Crippen LogP contribution in [0.5, 0.6) is 5.75 Å². The largest absolute Gasteiger partial charge is 0.495 e. The third-order valence-corrected chi connectivity index (χ3v) is 5.73. The third-order valence-electron chi connectivity index (χ3n) is 5.73. The Morgan fingerprint density at radius 2 is 1.68 bits per heavy atom. The average Bonchev–Trinajstić information content (AvgIpc) is 3.10. The minimum Gasteiger partial charge on any atom is -0.495 e. The fourth-order valence-electron chi connectivity index (χ4n) is 3.77. The fraction of sp³-hybridized carbons (Fsp3) is 0.346. The monoisotopic (exact) mass is 463 g/mol. The van der Waals surface area contributed by atoms with E-state index < -0.39 is 0 Å². The predicted molar refractivity (Wildman–Crippen MR) is 133 cm³/mol. The molecule has 2 aromatic carbocycles. The number of aromatic nitrogens is 2. The van der Waals surface area contributed by atoms with Gasteiger partial charge in [0.1, 0.15) is 5.75 Å². The van der Waals surface area contributed by atoms with E-state index in [1.54, 1.807) is 24.1 Å². The second-order valence-electron chi connectivity index (χ2n) is 8.12. The van der Waals surface area contributed by atoms with E-state index in [-0.39, 0.29) is 24.9 Å². The second kappa shape index (κ2) is 12.0. The van der Waals surface area contributed by atoms with Gasteiger partial charge < -0.3 is 15.4 Å². The molecule has 0 saturated carbocycles. The minimum atomic E-state index is -0.201. The lowest BCUT2D eigenvalue weighted by Crippen LogP contribution is -2.41. The first kappa shape index (κ1) is 25.0. The molecule has 0 radical (unpaired) electrons. The number of amides is 2. The van der Waals surface area contributed by atoms with Crippen LogP contribution in [0.1, 0.15) is 29.4 Å². The zero-order valence-electron chi connectivity index (χ0n) is 20.3. The number of methoxy groups -OCH3 is 1. The first-order valence-electron chi connectivity index (χ1n) is 11.4. The van der Waals surface area contributed by atoms with Gasteiger partial charge >= 0.3 is 0 Å². The summed E-state index contributed by atoms with van der Waals surface area (Å²) in [6.07, 6.45) is 0. The van der Waals surface area contributed by atoms with E-state index in [4.69, 9.17) is 4.74 Å². The molecular formula is C26H33N5O3. The first-order valence-corrected chi connectivity index (χ1v) is 11.4. The Bertz CT molecular complexity index is 1110. The van der Waals surface area contributed by atoms with Crippen LogP contribution in [-0.4, -0.2) is 53.2 Å². The molecule has 8 nitrogen and oxygen atoms in total. The van der Waals surface area contributed by atoms with E-state index in [2.05, 4.69) is 27.9 Å². The van der Waals surface area contributed by atoms with Crippen LogP contribution in [0.3, 0.4) is 0 Å². The number of carbonyl (C=O) groups is 2. The van der Waals surface area contributed by atoms with Crippen LogP contribution in [0.4, 0.5) is 5.69 Å². The molecule has 3 aromatic rings. The molecule has 2 N–H and O–H groups in total. The minimum absolute atomic E-state index is 0.106. The molecule has 1 aromatic heterocycles. The van der Waals surface area contributed by atoms with Crippen LogP contribution < -0.4 is 15.4 Å². The zero-order chi connectivity index (χ0) is 24.5. The molecular weight excluding hydrogens is 430 g/mol. The molecule has 0 fully saturated rings. The molecule has 0 unspecified atom stereocenters. The number of carbonyl (C=O) groups excluding carboxylic acids is 2. The summed E-state index contributed by atoms with van der Waals surface area (Å²) in [5, 5.41) is 10.5. The van der Waals surface area contributed by atoms with Crippen LogP contribution in [0.2, 0.25) is 0 Å². The van der Waals surface area contributed by atoms with Gasteiger partial charge in [0.25, 0.3) is 0 Å². The average molecular weight is 464 g/mol. The van der Waals surface area contributed by atoms with Gasteiger partial charge in [-0.3, -0.25) is 19.2 Å². The van der Waals surface area contributed by atoms with Gasteiger partial charge in [0.2, 0.25) is 11.8 Å². The van der Waals surface area contributed by atoms with Crippen molar-refractivity contribution in [3.05, 3.63) is 77.1 Å². The number of likely N-dealkylation sites (N-methyl/N-ethyl adjacent to an activating group) is 1. The maximum Gasteiger partial charge on any atom is 0.238 e. The van der Waals surface area contributed by atoms with Crippen LogP contribution in [0.25, 0.3) is 0 Å².